The lowest BCUT2D eigenvalue weighted by atomic mass is 9.91. The lowest BCUT2D eigenvalue weighted by molar-refractivity contribution is 0.598. The maximum absolute atomic E-state index is 11.5. The van der Waals surface area contributed by atoms with Gasteiger partial charge < -0.3 is 5.32 Å². The number of nitriles is 1. The van der Waals surface area contributed by atoms with Crippen LogP contribution in [0.4, 0.5) is 5.69 Å². The number of hydrogen-bond donors (Lipinski definition) is 2. The molecule has 0 aliphatic heterocycles. The maximum atomic E-state index is 11.5. The molecule has 0 radical (unpaired) electrons. The van der Waals surface area contributed by atoms with Crippen molar-refractivity contribution in [2.45, 2.75) is 10.8 Å². The minimum atomic E-state index is -3.85. The van der Waals surface area contributed by atoms with Gasteiger partial charge in [-0.2, -0.15) is 5.26 Å². The van der Waals surface area contributed by atoms with E-state index in [1.54, 1.807) is 6.07 Å². The minimum Gasteiger partial charge on any atom is -0.383 e. The second-order valence-electron chi connectivity index (χ2n) is 6.12. The third kappa shape index (κ3) is 4.53. The van der Waals surface area contributed by atoms with Crippen LogP contribution >= 0.6 is 0 Å². The van der Waals surface area contributed by atoms with E-state index in [0.29, 0.717) is 12.2 Å². The van der Waals surface area contributed by atoms with Crippen LogP contribution in [0.3, 0.4) is 0 Å². The summed E-state index contributed by atoms with van der Waals surface area (Å²) in [6.07, 6.45) is 0. The van der Waals surface area contributed by atoms with Gasteiger partial charge in [-0.3, -0.25) is 0 Å². The highest BCUT2D eigenvalue weighted by Gasteiger charge is 2.16. The highest BCUT2D eigenvalue weighted by Crippen LogP contribution is 2.26. The minimum absolute atomic E-state index is 0.0766. The third-order valence-corrected chi connectivity index (χ3v) is 5.25. The molecule has 6 heteroatoms. The molecule has 5 nitrogen and oxygen atoms in total. The SMILES string of the molecule is N#Cc1cc(S(N)(=O)=O)ccc1NCC(c1ccccc1)c1ccccc1. The van der Waals surface area contributed by atoms with Crippen LogP contribution in [0.15, 0.2) is 83.8 Å². The number of sulfonamides is 1. The van der Waals surface area contributed by atoms with Crippen LogP contribution in [0, 0.1) is 11.3 Å². The first kappa shape index (κ1) is 18.6. The molecule has 27 heavy (non-hydrogen) atoms. The van der Waals surface area contributed by atoms with Crippen LogP contribution in [0.2, 0.25) is 0 Å². The van der Waals surface area contributed by atoms with Crippen molar-refractivity contribution in [3.05, 3.63) is 95.6 Å². The zero-order valence-electron chi connectivity index (χ0n) is 14.5. The second-order valence-corrected chi connectivity index (χ2v) is 7.68. The van der Waals surface area contributed by atoms with Gasteiger partial charge in [0.15, 0.2) is 0 Å². The molecule has 3 aromatic carbocycles. The van der Waals surface area contributed by atoms with Gasteiger partial charge in [0.25, 0.3) is 0 Å². The lowest BCUT2D eigenvalue weighted by Gasteiger charge is -2.20. The summed E-state index contributed by atoms with van der Waals surface area (Å²) in [7, 11) is -3.85. The van der Waals surface area contributed by atoms with E-state index >= 15 is 0 Å². The molecule has 0 amide bonds. The largest absolute Gasteiger partial charge is 0.383 e. The molecular formula is C21H19N3O2S. The van der Waals surface area contributed by atoms with Gasteiger partial charge in [-0.1, -0.05) is 60.7 Å². The maximum Gasteiger partial charge on any atom is 0.238 e. The molecule has 0 saturated heterocycles. The Balaban J connectivity index is 1.89. The molecule has 0 aliphatic rings. The molecule has 0 atom stereocenters. The first-order valence-corrected chi connectivity index (χ1v) is 9.94. The summed E-state index contributed by atoms with van der Waals surface area (Å²) in [6, 6.07) is 26.5. The summed E-state index contributed by atoms with van der Waals surface area (Å²) in [4.78, 5) is -0.0766. The number of nitrogens with zero attached hydrogens (tertiary/aromatic N) is 1. The van der Waals surface area contributed by atoms with Crippen LogP contribution in [0.5, 0.6) is 0 Å². The normalized spacial score (nSPS) is 11.1. The molecule has 136 valence electrons. The molecule has 0 aliphatic carbocycles. The topological polar surface area (TPSA) is 96.0 Å². The molecule has 0 fully saturated rings. The Kier molecular flexibility index (Phi) is 5.55. The van der Waals surface area contributed by atoms with Gasteiger partial charge in [0, 0.05) is 12.5 Å². The Morgan fingerprint density at radius 2 is 1.48 bits per heavy atom. The van der Waals surface area contributed by atoms with E-state index in [9.17, 15) is 13.7 Å². The lowest BCUT2D eigenvalue weighted by Crippen LogP contribution is -2.16. The molecule has 3 N–H and O–H groups in total. The molecule has 3 rings (SSSR count). The van der Waals surface area contributed by atoms with E-state index in [1.807, 2.05) is 42.5 Å². The van der Waals surface area contributed by atoms with Crippen LogP contribution in [0.25, 0.3) is 0 Å². The number of hydrogen-bond acceptors (Lipinski definition) is 4. The Morgan fingerprint density at radius 1 is 0.926 bits per heavy atom. The zero-order chi connectivity index (χ0) is 19.3. The van der Waals surface area contributed by atoms with E-state index in [4.69, 9.17) is 5.14 Å². The molecule has 0 unspecified atom stereocenters. The summed E-state index contributed by atoms with van der Waals surface area (Å²) in [6.45, 7) is 0.553. The van der Waals surface area contributed by atoms with Crippen molar-refractivity contribution in [2.24, 2.45) is 5.14 Å². The molecule has 0 aromatic heterocycles. The molecule has 0 saturated carbocycles. The standard InChI is InChI=1S/C21H19N3O2S/c22-14-18-13-19(27(23,25)26)11-12-21(18)24-15-20(16-7-3-1-4-8-16)17-9-5-2-6-10-17/h1-13,20,24H,15H2,(H2,23,25,26). The van der Waals surface area contributed by atoms with E-state index < -0.39 is 10.0 Å². The predicted molar refractivity (Wildman–Crippen MR) is 106 cm³/mol. The fourth-order valence-corrected chi connectivity index (χ4v) is 3.50. The van der Waals surface area contributed by atoms with Crippen molar-refractivity contribution in [1.82, 2.24) is 0 Å². The average Bonchev–Trinajstić information content (AvgIpc) is 2.69. The number of anilines is 1. The van der Waals surface area contributed by atoms with Gasteiger partial charge in [-0.15, -0.1) is 0 Å². The summed E-state index contributed by atoms with van der Waals surface area (Å²) in [5.41, 5.74) is 3.11. The highest BCUT2D eigenvalue weighted by molar-refractivity contribution is 7.89. The van der Waals surface area contributed by atoms with E-state index in [-0.39, 0.29) is 16.4 Å². The summed E-state index contributed by atoms with van der Waals surface area (Å²) < 4.78 is 23.0. The summed E-state index contributed by atoms with van der Waals surface area (Å²) >= 11 is 0. The number of rotatable bonds is 6. The van der Waals surface area contributed by atoms with Crippen LogP contribution in [-0.2, 0) is 10.0 Å². The van der Waals surface area contributed by atoms with Gasteiger partial charge in [0.2, 0.25) is 10.0 Å². The number of nitrogens with one attached hydrogen (secondary N) is 1. The van der Waals surface area contributed by atoms with Gasteiger partial charge in [-0.05, 0) is 29.3 Å². The van der Waals surface area contributed by atoms with Gasteiger partial charge in [0.1, 0.15) is 6.07 Å². The molecule has 0 spiro atoms. The van der Waals surface area contributed by atoms with E-state index in [2.05, 4.69) is 29.6 Å². The number of benzene rings is 3. The molecule has 0 heterocycles. The van der Waals surface area contributed by atoms with E-state index in [1.165, 1.54) is 12.1 Å². The molecule has 3 aromatic rings. The van der Waals surface area contributed by atoms with Crippen LogP contribution in [0.1, 0.15) is 22.6 Å². The fourth-order valence-electron chi connectivity index (χ4n) is 2.96. The number of primary sulfonamides is 1. The van der Waals surface area contributed by atoms with Crippen molar-refractivity contribution < 1.29 is 8.42 Å². The first-order valence-electron chi connectivity index (χ1n) is 8.40. The first-order chi connectivity index (χ1) is 13.0. The Labute approximate surface area is 159 Å². The van der Waals surface area contributed by atoms with Crippen molar-refractivity contribution in [1.29, 1.82) is 5.26 Å². The Morgan fingerprint density at radius 3 is 1.96 bits per heavy atom. The number of nitrogens with two attached hydrogens (primary N) is 1. The monoisotopic (exact) mass is 377 g/mol. The van der Waals surface area contributed by atoms with Crippen LogP contribution < -0.4 is 10.5 Å². The Bertz CT molecular complexity index is 1020. The van der Waals surface area contributed by atoms with Crippen molar-refractivity contribution >= 4 is 15.7 Å². The van der Waals surface area contributed by atoms with Crippen molar-refractivity contribution in [2.75, 3.05) is 11.9 Å². The molecule has 0 bridgehead atoms. The highest BCUT2D eigenvalue weighted by atomic mass is 32.2. The van der Waals surface area contributed by atoms with Gasteiger partial charge >= 0.3 is 0 Å². The Hall–Kier alpha value is -3.14. The predicted octanol–water partition coefficient (Wildman–Crippen LogP) is 3.45. The average molecular weight is 377 g/mol. The second kappa shape index (κ2) is 8.04. The van der Waals surface area contributed by atoms with E-state index in [0.717, 1.165) is 11.1 Å². The zero-order valence-corrected chi connectivity index (χ0v) is 15.4. The smallest absolute Gasteiger partial charge is 0.238 e. The van der Waals surface area contributed by atoms with Crippen molar-refractivity contribution in [3.8, 4) is 6.07 Å². The van der Waals surface area contributed by atoms with Gasteiger partial charge in [-0.25, -0.2) is 13.6 Å². The fraction of sp³-hybridized carbons (Fsp3) is 0.0952. The molecular weight excluding hydrogens is 358 g/mol. The van der Waals surface area contributed by atoms with Gasteiger partial charge in [0.05, 0.1) is 16.1 Å². The van der Waals surface area contributed by atoms with Crippen LogP contribution in [-0.4, -0.2) is 15.0 Å². The summed E-state index contributed by atoms with van der Waals surface area (Å²) in [5, 5.41) is 17.8. The summed E-state index contributed by atoms with van der Waals surface area (Å²) in [5.74, 6) is 0.0804. The quantitative estimate of drug-likeness (QED) is 0.688. The van der Waals surface area contributed by atoms with Crippen molar-refractivity contribution in [3.63, 3.8) is 0 Å². The third-order valence-electron chi connectivity index (χ3n) is 4.34.